The fourth-order valence-corrected chi connectivity index (χ4v) is 3.96. The minimum Gasteiger partial charge on any atom is -0.317 e. The van der Waals surface area contributed by atoms with Gasteiger partial charge in [0.25, 0.3) is 0 Å². The van der Waals surface area contributed by atoms with Gasteiger partial charge in [0.15, 0.2) is 0 Å². The zero-order chi connectivity index (χ0) is 13.5. The van der Waals surface area contributed by atoms with E-state index in [1.54, 1.807) is 0 Å². The lowest BCUT2D eigenvalue weighted by Gasteiger charge is -2.42. The highest BCUT2D eigenvalue weighted by Crippen LogP contribution is 2.42. The molecule has 0 aliphatic heterocycles. The van der Waals surface area contributed by atoms with E-state index in [9.17, 15) is 0 Å². The van der Waals surface area contributed by atoms with Crippen LogP contribution in [0.3, 0.4) is 0 Å². The van der Waals surface area contributed by atoms with Crippen LogP contribution in [0.15, 0.2) is 0 Å². The molecule has 0 aromatic rings. The molecule has 1 heteroatoms. The van der Waals surface area contributed by atoms with Crippen molar-refractivity contribution in [1.29, 1.82) is 0 Å². The zero-order valence-electron chi connectivity index (χ0n) is 13.3. The second kappa shape index (κ2) is 8.19. The van der Waals surface area contributed by atoms with Gasteiger partial charge in [0.1, 0.15) is 0 Å². The Kier molecular flexibility index (Phi) is 7.29. The molecule has 0 amide bonds. The number of hydrogen-bond acceptors (Lipinski definition) is 1. The van der Waals surface area contributed by atoms with Crippen molar-refractivity contribution in [1.82, 2.24) is 5.32 Å². The molecule has 0 radical (unpaired) electrons. The van der Waals surface area contributed by atoms with Gasteiger partial charge >= 0.3 is 0 Å². The summed E-state index contributed by atoms with van der Waals surface area (Å²) >= 11 is 0. The van der Waals surface area contributed by atoms with Gasteiger partial charge in [-0.3, -0.25) is 0 Å². The molecule has 1 aliphatic rings. The van der Waals surface area contributed by atoms with Crippen molar-refractivity contribution >= 4 is 0 Å². The standard InChI is InChI=1S/C17H35N/c1-6-14(7-2)17-11-15(13(4)5)9-10-16(17)12-18-8-3/h13-18H,6-12H2,1-5H3. The van der Waals surface area contributed by atoms with Crippen LogP contribution in [0, 0.1) is 29.6 Å². The van der Waals surface area contributed by atoms with Gasteiger partial charge in [0, 0.05) is 0 Å². The topological polar surface area (TPSA) is 12.0 Å². The van der Waals surface area contributed by atoms with Crippen molar-refractivity contribution < 1.29 is 0 Å². The average molecular weight is 253 g/mol. The first-order chi connectivity index (χ1) is 8.63. The van der Waals surface area contributed by atoms with Gasteiger partial charge in [-0.2, -0.15) is 0 Å². The van der Waals surface area contributed by atoms with E-state index >= 15 is 0 Å². The molecule has 1 saturated carbocycles. The fraction of sp³-hybridized carbons (Fsp3) is 1.00. The summed E-state index contributed by atoms with van der Waals surface area (Å²) < 4.78 is 0. The molecular formula is C17H35N. The van der Waals surface area contributed by atoms with Crippen LogP contribution in [0.5, 0.6) is 0 Å². The Bertz CT molecular complexity index is 208. The first kappa shape index (κ1) is 16.0. The Labute approximate surface area is 115 Å². The van der Waals surface area contributed by atoms with Crippen molar-refractivity contribution in [2.45, 2.75) is 66.7 Å². The van der Waals surface area contributed by atoms with Gasteiger partial charge in [0.05, 0.1) is 0 Å². The number of nitrogens with one attached hydrogen (secondary N) is 1. The summed E-state index contributed by atoms with van der Waals surface area (Å²) in [6, 6.07) is 0. The van der Waals surface area contributed by atoms with Crippen LogP contribution >= 0.6 is 0 Å². The minimum absolute atomic E-state index is 0.877. The Hall–Kier alpha value is -0.0400. The lowest BCUT2D eigenvalue weighted by atomic mass is 9.65. The van der Waals surface area contributed by atoms with E-state index < -0.39 is 0 Å². The molecule has 0 saturated heterocycles. The number of hydrogen-bond donors (Lipinski definition) is 1. The Balaban J connectivity index is 2.65. The van der Waals surface area contributed by atoms with Gasteiger partial charge in [-0.25, -0.2) is 0 Å². The smallest absolute Gasteiger partial charge is 0.00179 e. The maximum atomic E-state index is 3.60. The predicted octanol–water partition coefficient (Wildman–Crippen LogP) is 4.72. The molecule has 0 aromatic carbocycles. The van der Waals surface area contributed by atoms with Gasteiger partial charge in [-0.05, 0) is 61.9 Å². The second-order valence-electron chi connectivity index (χ2n) is 6.63. The third kappa shape index (κ3) is 4.26. The van der Waals surface area contributed by atoms with Crippen LogP contribution in [-0.4, -0.2) is 13.1 Å². The van der Waals surface area contributed by atoms with Crippen LogP contribution < -0.4 is 5.32 Å². The molecule has 0 heterocycles. The van der Waals surface area contributed by atoms with E-state index in [0.717, 1.165) is 36.1 Å². The Morgan fingerprint density at radius 1 is 1.06 bits per heavy atom. The molecule has 3 unspecified atom stereocenters. The molecule has 18 heavy (non-hydrogen) atoms. The lowest BCUT2D eigenvalue weighted by Crippen LogP contribution is -2.37. The van der Waals surface area contributed by atoms with Gasteiger partial charge in [-0.15, -0.1) is 0 Å². The average Bonchev–Trinajstić information content (AvgIpc) is 2.38. The third-order valence-electron chi connectivity index (χ3n) is 5.34. The summed E-state index contributed by atoms with van der Waals surface area (Å²) in [5.74, 6) is 4.72. The first-order valence-electron chi connectivity index (χ1n) is 8.34. The maximum Gasteiger partial charge on any atom is -0.00179 e. The van der Waals surface area contributed by atoms with Crippen LogP contribution in [0.1, 0.15) is 66.7 Å². The summed E-state index contributed by atoms with van der Waals surface area (Å²) in [5.41, 5.74) is 0. The molecule has 108 valence electrons. The van der Waals surface area contributed by atoms with Crippen LogP contribution in [-0.2, 0) is 0 Å². The van der Waals surface area contributed by atoms with E-state index in [4.69, 9.17) is 0 Å². The molecule has 0 spiro atoms. The molecular weight excluding hydrogens is 218 g/mol. The predicted molar refractivity (Wildman–Crippen MR) is 81.8 cm³/mol. The van der Waals surface area contributed by atoms with Gasteiger partial charge in [0.2, 0.25) is 0 Å². The van der Waals surface area contributed by atoms with E-state index in [0.29, 0.717) is 0 Å². The summed E-state index contributed by atoms with van der Waals surface area (Å²) in [5, 5.41) is 3.60. The van der Waals surface area contributed by atoms with Gasteiger partial charge < -0.3 is 5.32 Å². The SMILES string of the molecule is CCNCC1CCC(C(C)C)CC1C(CC)CC. The van der Waals surface area contributed by atoms with E-state index in [1.165, 1.54) is 38.6 Å². The van der Waals surface area contributed by atoms with E-state index in [2.05, 4.69) is 39.9 Å². The van der Waals surface area contributed by atoms with Crippen LogP contribution in [0.25, 0.3) is 0 Å². The summed E-state index contributed by atoms with van der Waals surface area (Å²) in [4.78, 5) is 0. The first-order valence-corrected chi connectivity index (χ1v) is 8.34. The van der Waals surface area contributed by atoms with Crippen molar-refractivity contribution in [3.05, 3.63) is 0 Å². The van der Waals surface area contributed by atoms with Crippen LogP contribution in [0.4, 0.5) is 0 Å². The largest absolute Gasteiger partial charge is 0.317 e. The highest BCUT2D eigenvalue weighted by atomic mass is 14.8. The monoisotopic (exact) mass is 253 g/mol. The Morgan fingerprint density at radius 2 is 1.72 bits per heavy atom. The van der Waals surface area contributed by atoms with E-state index in [-0.39, 0.29) is 0 Å². The zero-order valence-corrected chi connectivity index (χ0v) is 13.3. The quantitative estimate of drug-likeness (QED) is 0.692. The highest BCUT2D eigenvalue weighted by Gasteiger charge is 2.34. The van der Waals surface area contributed by atoms with Crippen molar-refractivity contribution in [3.8, 4) is 0 Å². The minimum atomic E-state index is 0.877. The highest BCUT2D eigenvalue weighted by molar-refractivity contribution is 4.85. The molecule has 0 aromatic heterocycles. The van der Waals surface area contributed by atoms with Crippen molar-refractivity contribution in [2.24, 2.45) is 29.6 Å². The lowest BCUT2D eigenvalue weighted by molar-refractivity contribution is 0.0931. The molecule has 0 bridgehead atoms. The normalized spacial score (nSPS) is 29.2. The second-order valence-corrected chi connectivity index (χ2v) is 6.63. The molecule has 1 fully saturated rings. The maximum absolute atomic E-state index is 3.60. The molecule has 1 N–H and O–H groups in total. The number of rotatable bonds is 7. The molecule has 1 nitrogen and oxygen atoms in total. The summed E-state index contributed by atoms with van der Waals surface area (Å²) in [7, 11) is 0. The Morgan fingerprint density at radius 3 is 2.22 bits per heavy atom. The van der Waals surface area contributed by atoms with E-state index in [1.807, 2.05) is 0 Å². The summed E-state index contributed by atoms with van der Waals surface area (Å²) in [6.07, 6.45) is 7.14. The fourth-order valence-electron chi connectivity index (χ4n) is 3.96. The molecule has 1 aliphatic carbocycles. The van der Waals surface area contributed by atoms with Gasteiger partial charge in [-0.1, -0.05) is 47.5 Å². The molecule has 3 atom stereocenters. The molecule has 1 rings (SSSR count). The van der Waals surface area contributed by atoms with Crippen LogP contribution in [0.2, 0.25) is 0 Å². The van der Waals surface area contributed by atoms with Crippen molar-refractivity contribution in [2.75, 3.05) is 13.1 Å². The summed E-state index contributed by atoms with van der Waals surface area (Å²) in [6.45, 7) is 14.2. The van der Waals surface area contributed by atoms with Crippen molar-refractivity contribution in [3.63, 3.8) is 0 Å². The third-order valence-corrected chi connectivity index (χ3v) is 5.34.